The van der Waals surface area contributed by atoms with Gasteiger partial charge in [-0.2, -0.15) is 13.8 Å². The average molecular weight is 620 g/mol. The van der Waals surface area contributed by atoms with Crippen LogP contribution in [0.25, 0.3) is 0 Å². The van der Waals surface area contributed by atoms with Crippen LogP contribution in [0.1, 0.15) is 134 Å². The minimum Gasteiger partial charge on any atom is -0.478 e. The van der Waals surface area contributed by atoms with Crippen molar-refractivity contribution in [1.29, 1.82) is 0 Å². The number of aliphatic imine (C=N–C) groups is 1. The van der Waals surface area contributed by atoms with E-state index in [2.05, 4.69) is 16.9 Å². The third-order valence-corrected chi connectivity index (χ3v) is 10.3. The molecular formula is C36H53F4N3O. The van der Waals surface area contributed by atoms with E-state index in [1.807, 2.05) is 0 Å². The summed E-state index contributed by atoms with van der Waals surface area (Å²) in [5, 5.41) is 0. The van der Waals surface area contributed by atoms with Gasteiger partial charge in [0.25, 0.3) is 12.3 Å². The van der Waals surface area contributed by atoms with Crippen molar-refractivity contribution < 1.29 is 22.3 Å². The monoisotopic (exact) mass is 619 g/mol. The van der Waals surface area contributed by atoms with Gasteiger partial charge in [-0.1, -0.05) is 90.4 Å². The predicted molar refractivity (Wildman–Crippen MR) is 168 cm³/mol. The van der Waals surface area contributed by atoms with Crippen LogP contribution in [0.4, 0.5) is 17.6 Å². The molecule has 2 saturated carbocycles. The van der Waals surface area contributed by atoms with E-state index in [0.29, 0.717) is 13.2 Å². The fourth-order valence-corrected chi connectivity index (χ4v) is 7.24. The summed E-state index contributed by atoms with van der Waals surface area (Å²) >= 11 is 0. The van der Waals surface area contributed by atoms with Crippen LogP contribution in [-0.2, 0) is 12.3 Å². The van der Waals surface area contributed by atoms with Gasteiger partial charge in [0.05, 0.1) is 23.8 Å². The molecular weight excluding hydrogens is 566 g/mol. The van der Waals surface area contributed by atoms with Crippen LogP contribution in [-0.4, -0.2) is 35.2 Å². The molecule has 2 fully saturated rings. The second kappa shape index (κ2) is 15.9. The van der Waals surface area contributed by atoms with Crippen LogP contribution in [0.15, 0.2) is 23.3 Å². The van der Waals surface area contributed by atoms with E-state index in [1.54, 1.807) is 0 Å². The van der Waals surface area contributed by atoms with E-state index in [4.69, 9.17) is 4.74 Å². The first kappa shape index (κ1) is 33.2. The van der Waals surface area contributed by atoms with E-state index >= 15 is 13.2 Å². The van der Waals surface area contributed by atoms with Gasteiger partial charge < -0.3 is 9.64 Å². The Bertz CT molecular complexity index is 1120. The molecule has 1 aromatic rings. The number of ether oxygens (including phenoxy) is 1. The topological polar surface area (TPSA) is 37.7 Å². The first-order chi connectivity index (χ1) is 21.4. The van der Waals surface area contributed by atoms with Crippen LogP contribution in [0.5, 0.6) is 5.88 Å². The smallest absolute Gasteiger partial charge is 0.286 e. The van der Waals surface area contributed by atoms with Crippen molar-refractivity contribution in [2.75, 3.05) is 13.2 Å². The summed E-state index contributed by atoms with van der Waals surface area (Å²) in [6, 6.07) is 1.45. The Morgan fingerprint density at radius 1 is 0.955 bits per heavy atom. The lowest BCUT2D eigenvalue weighted by Gasteiger charge is -2.35. The molecule has 0 amide bonds. The molecule has 44 heavy (non-hydrogen) atoms. The maximum atomic E-state index is 15.7. The number of alkyl halides is 3. The molecule has 0 radical (unpaired) electrons. The lowest BCUT2D eigenvalue weighted by atomic mass is 9.78. The molecule has 8 heteroatoms. The number of pyridine rings is 1. The summed E-state index contributed by atoms with van der Waals surface area (Å²) in [6.45, 7) is 3.15. The molecule has 2 heterocycles. The Morgan fingerprint density at radius 3 is 2.39 bits per heavy atom. The molecule has 0 bridgehead atoms. The van der Waals surface area contributed by atoms with E-state index in [9.17, 15) is 4.39 Å². The highest BCUT2D eigenvalue weighted by Gasteiger charge is 2.50. The normalized spacial score (nSPS) is 23.4. The number of aryl methyl sites for hydroxylation is 1. The molecule has 3 unspecified atom stereocenters. The van der Waals surface area contributed by atoms with Crippen LogP contribution >= 0.6 is 0 Å². The van der Waals surface area contributed by atoms with Crippen molar-refractivity contribution in [1.82, 2.24) is 9.88 Å². The lowest BCUT2D eigenvalue weighted by molar-refractivity contribution is -0.0534. The van der Waals surface area contributed by atoms with Gasteiger partial charge in [0.2, 0.25) is 11.8 Å². The minimum absolute atomic E-state index is 0.0117. The van der Waals surface area contributed by atoms with Crippen LogP contribution in [0, 0.1) is 29.6 Å². The number of halogens is 4. The number of hydrogen-bond acceptors (Lipinski definition) is 4. The summed E-state index contributed by atoms with van der Waals surface area (Å²) in [6.07, 6.45) is 22.2. The maximum absolute atomic E-state index is 15.7. The van der Waals surface area contributed by atoms with Crippen molar-refractivity contribution in [2.45, 2.75) is 141 Å². The van der Waals surface area contributed by atoms with Gasteiger partial charge in [-0.05, 0) is 67.9 Å². The first-order valence-corrected chi connectivity index (χ1v) is 17.7. The van der Waals surface area contributed by atoms with Gasteiger partial charge in [0.15, 0.2) is 0 Å². The van der Waals surface area contributed by atoms with Gasteiger partial charge in [0, 0.05) is 18.8 Å². The van der Waals surface area contributed by atoms with E-state index in [1.165, 1.54) is 93.9 Å². The third kappa shape index (κ3) is 9.22. The Hall–Kier alpha value is -2.12. The van der Waals surface area contributed by atoms with Crippen LogP contribution in [0.2, 0.25) is 0 Å². The molecule has 1 aromatic heterocycles. The number of fused-ring (bicyclic) bond motifs is 1. The summed E-state index contributed by atoms with van der Waals surface area (Å²) in [4.78, 5) is 9.22. The molecule has 0 saturated heterocycles. The second-order valence-corrected chi connectivity index (χ2v) is 13.8. The van der Waals surface area contributed by atoms with E-state index in [-0.39, 0.29) is 30.0 Å². The first-order valence-electron chi connectivity index (χ1n) is 17.7. The van der Waals surface area contributed by atoms with Gasteiger partial charge in [0.1, 0.15) is 0 Å². The second-order valence-electron chi connectivity index (χ2n) is 13.8. The number of hydrogen-bond donors (Lipinski definition) is 0. The molecule has 3 atom stereocenters. The Morgan fingerprint density at radius 2 is 1.68 bits per heavy atom. The number of nitrogens with zero attached hydrogens (tertiary/aromatic N) is 3. The molecule has 0 N–H and O–H groups in total. The predicted octanol–water partition coefficient (Wildman–Crippen LogP) is 10.3. The molecule has 5 rings (SSSR count). The zero-order chi connectivity index (χ0) is 30.9. The Balaban J connectivity index is 1.04. The molecule has 0 aromatic carbocycles. The number of unbranched alkanes of at least 4 members (excludes halogenated alkanes) is 8. The van der Waals surface area contributed by atoms with Gasteiger partial charge >= 0.3 is 0 Å². The molecule has 1 aliphatic heterocycles. The van der Waals surface area contributed by atoms with E-state index < -0.39 is 29.8 Å². The van der Waals surface area contributed by atoms with E-state index in [0.717, 1.165) is 56.3 Å². The number of allylic oxidation sites excluding steroid dienone is 1. The number of aromatic nitrogens is 1. The van der Waals surface area contributed by atoms with Gasteiger partial charge in [-0.15, -0.1) is 0 Å². The highest BCUT2D eigenvalue weighted by atomic mass is 19.3. The maximum Gasteiger partial charge on any atom is 0.286 e. The summed E-state index contributed by atoms with van der Waals surface area (Å²) < 4.78 is 67.0. The lowest BCUT2D eigenvalue weighted by Crippen LogP contribution is -2.40. The largest absolute Gasteiger partial charge is 0.478 e. The van der Waals surface area contributed by atoms with Gasteiger partial charge in [-0.3, -0.25) is 0 Å². The van der Waals surface area contributed by atoms with Crippen LogP contribution in [0.3, 0.4) is 0 Å². The Kier molecular flexibility index (Phi) is 12.0. The summed E-state index contributed by atoms with van der Waals surface area (Å²) in [5.74, 6) is -3.31. The minimum atomic E-state index is -3.54. The highest BCUT2D eigenvalue weighted by molar-refractivity contribution is 5.98. The zero-order valence-corrected chi connectivity index (χ0v) is 26.7. The van der Waals surface area contributed by atoms with Gasteiger partial charge in [-0.25, -0.2) is 13.8 Å². The fraction of sp³-hybridized carbons (Fsp3) is 0.778. The molecule has 246 valence electrons. The van der Waals surface area contributed by atoms with Crippen molar-refractivity contribution in [2.24, 2.45) is 28.7 Å². The van der Waals surface area contributed by atoms with Crippen molar-refractivity contribution >= 4 is 5.71 Å². The third-order valence-electron chi connectivity index (χ3n) is 10.3. The van der Waals surface area contributed by atoms with Crippen LogP contribution < -0.4 is 4.74 Å². The number of rotatable bonds is 20. The highest BCUT2D eigenvalue weighted by Crippen LogP contribution is 2.47. The molecule has 4 nitrogen and oxygen atoms in total. The summed E-state index contributed by atoms with van der Waals surface area (Å²) in [5.41, 5.74) is -0.499. The molecule has 0 spiro atoms. The quantitative estimate of drug-likeness (QED) is 0.0631. The average Bonchev–Trinajstić information content (AvgIpc) is 3.92. The van der Waals surface area contributed by atoms with Crippen molar-refractivity contribution in [3.05, 3.63) is 35.4 Å². The summed E-state index contributed by atoms with van der Waals surface area (Å²) in [7, 11) is 0. The zero-order valence-electron chi connectivity index (χ0n) is 26.7. The molecule has 4 aliphatic rings. The van der Waals surface area contributed by atoms with Crippen molar-refractivity contribution in [3.63, 3.8) is 0 Å². The Labute approximate surface area is 262 Å². The molecule has 3 aliphatic carbocycles. The SMILES string of the molecule is CCC(CCCCCOc1cc2c(c(F)n1)C(F)(F)C(C1=NC(F)N(CCCCCCCCCC3CC3)C=C1)CC2)C1CC1. The standard InChI is InChI=1S/C36H53F4N3O/c1-2-27(28-17-18-28)14-10-8-12-24-44-32-25-29-19-20-30(36(39,40)33(29)34(37)42-32)31-21-23-43(35(38)41-31)22-11-7-5-3-4-6-9-13-26-15-16-26/h21,23,25-28,30,35H,2-20,22,24H2,1H3. The van der Waals surface area contributed by atoms with Crippen molar-refractivity contribution in [3.8, 4) is 5.88 Å². The fourth-order valence-electron chi connectivity index (χ4n) is 7.24.